The lowest BCUT2D eigenvalue weighted by Crippen LogP contribution is -2.59. The van der Waals surface area contributed by atoms with E-state index in [1.54, 1.807) is 42.5 Å². The van der Waals surface area contributed by atoms with Crippen LogP contribution in [0.3, 0.4) is 0 Å². The van der Waals surface area contributed by atoms with Gasteiger partial charge in [0.1, 0.15) is 29.9 Å². The zero-order valence-corrected chi connectivity index (χ0v) is 28.0. The van der Waals surface area contributed by atoms with E-state index in [2.05, 4.69) is 20.9 Å². The third kappa shape index (κ3) is 12.5. The maximum atomic E-state index is 14.2. The fraction of sp³-hybridized carbons (Fsp3) is 0.412. The molecule has 1 aromatic heterocycles. The van der Waals surface area contributed by atoms with Crippen molar-refractivity contribution in [3.05, 3.63) is 101 Å². The van der Waals surface area contributed by atoms with Gasteiger partial charge in [-0.1, -0.05) is 31.5 Å². The molecule has 1 heterocycles. The van der Waals surface area contributed by atoms with Gasteiger partial charge in [-0.15, -0.1) is 0 Å². The molecular formula is C34H42F2N4O5S2. The standard InChI is InChI=1S/C34H42F2N4O5S2/c1-3-4-14-47-21-29(40-33(44)24-11-8-13-37-20-24)34(45)39-28(18-22-16-25(35)19-26(36)17-22)31(42)30(41)27(12-15-46-2)38-32(43)23-9-6-5-7-10-23/h5-11,13,16-17,19-20,27-31,41-42H,3-4,12,14-15,18,21H2,1-2H3,(H,38,43)(H,39,45)(H,40,44). The number of nitrogens with one attached hydrogen (secondary N) is 3. The van der Waals surface area contributed by atoms with E-state index in [1.807, 2.05) is 13.2 Å². The van der Waals surface area contributed by atoms with Gasteiger partial charge in [0, 0.05) is 29.8 Å². The smallest absolute Gasteiger partial charge is 0.253 e. The number of hydrogen-bond donors (Lipinski definition) is 5. The number of hydrogen-bond acceptors (Lipinski definition) is 8. The highest BCUT2D eigenvalue weighted by molar-refractivity contribution is 7.99. The lowest BCUT2D eigenvalue weighted by molar-refractivity contribution is -0.125. The van der Waals surface area contributed by atoms with Crippen LogP contribution < -0.4 is 16.0 Å². The van der Waals surface area contributed by atoms with Crippen LogP contribution >= 0.6 is 23.5 Å². The van der Waals surface area contributed by atoms with E-state index in [4.69, 9.17) is 0 Å². The summed E-state index contributed by atoms with van der Waals surface area (Å²) in [6.07, 6.45) is 3.35. The van der Waals surface area contributed by atoms with Crippen molar-refractivity contribution in [3.63, 3.8) is 0 Å². The first-order chi connectivity index (χ1) is 22.6. The highest BCUT2D eigenvalue weighted by Crippen LogP contribution is 2.18. The molecule has 0 bridgehead atoms. The Morgan fingerprint density at radius 1 is 0.851 bits per heavy atom. The average Bonchev–Trinajstić information content (AvgIpc) is 3.07. The zero-order valence-electron chi connectivity index (χ0n) is 26.4. The summed E-state index contributed by atoms with van der Waals surface area (Å²) in [5.41, 5.74) is 0.731. The van der Waals surface area contributed by atoms with Crippen molar-refractivity contribution in [2.45, 2.75) is 62.9 Å². The molecule has 5 atom stereocenters. The number of unbranched alkanes of at least 4 members (excludes halogenated alkanes) is 1. The number of carbonyl (C=O) groups is 3. The summed E-state index contributed by atoms with van der Waals surface area (Å²) in [5, 5.41) is 31.2. The van der Waals surface area contributed by atoms with Crippen molar-refractivity contribution < 1.29 is 33.4 Å². The summed E-state index contributed by atoms with van der Waals surface area (Å²) >= 11 is 2.95. The van der Waals surface area contributed by atoms with Crippen LogP contribution in [0.1, 0.15) is 52.5 Å². The summed E-state index contributed by atoms with van der Waals surface area (Å²) in [5.74, 6) is -1.85. The number of aliphatic hydroxyl groups is 2. The highest BCUT2D eigenvalue weighted by atomic mass is 32.2. The van der Waals surface area contributed by atoms with Gasteiger partial charge >= 0.3 is 0 Å². The van der Waals surface area contributed by atoms with E-state index >= 15 is 0 Å². The van der Waals surface area contributed by atoms with E-state index in [1.165, 1.54) is 35.9 Å². The number of aliphatic hydroxyl groups excluding tert-OH is 2. The van der Waals surface area contributed by atoms with Crippen molar-refractivity contribution in [2.75, 3.05) is 23.5 Å². The lowest BCUT2D eigenvalue weighted by Gasteiger charge is -2.33. The van der Waals surface area contributed by atoms with Crippen molar-refractivity contribution in [3.8, 4) is 0 Å². The summed E-state index contributed by atoms with van der Waals surface area (Å²) < 4.78 is 28.3. The predicted molar refractivity (Wildman–Crippen MR) is 182 cm³/mol. The van der Waals surface area contributed by atoms with E-state index in [0.29, 0.717) is 17.4 Å². The molecule has 5 unspecified atom stereocenters. The number of pyridine rings is 1. The molecule has 2 aromatic carbocycles. The van der Waals surface area contributed by atoms with E-state index in [9.17, 15) is 33.4 Å². The van der Waals surface area contributed by atoms with Crippen LogP contribution in [0, 0.1) is 11.6 Å². The van der Waals surface area contributed by atoms with Crippen molar-refractivity contribution >= 4 is 41.2 Å². The van der Waals surface area contributed by atoms with Crippen LogP contribution in [0.25, 0.3) is 0 Å². The highest BCUT2D eigenvalue weighted by Gasteiger charge is 2.35. The van der Waals surface area contributed by atoms with Gasteiger partial charge in [-0.05, 0) is 79.0 Å². The molecule has 3 amide bonds. The Kier molecular flexibility index (Phi) is 16.1. The Labute approximate surface area is 282 Å². The van der Waals surface area contributed by atoms with Crippen molar-refractivity contribution in [1.29, 1.82) is 0 Å². The molecule has 0 radical (unpaired) electrons. The molecule has 0 saturated heterocycles. The molecule has 47 heavy (non-hydrogen) atoms. The molecule has 0 spiro atoms. The number of rotatable bonds is 19. The fourth-order valence-corrected chi connectivity index (χ4v) is 6.40. The number of halogens is 2. The third-order valence-corrected chi connectivity index (χ3v) is 9.13. The summed E-state index contributed by atoms with van der Waals surface area (Å²) in [6, 6.07) is 11.2. The van der Waals surface area contributed by atoms with Gasteiger partial charge in [0.25, 0.3) is 11.8 Å². The predicted octanol–water partition coefficient (Wildman–Crippen LogP) is 3.99. The van der Waals surface area contributed by atoms with Crippen LogP contribution in [0.2, 0.25) is 0 Å². The number of carbonyl (C=O) groups excluding carboxylic acids is 3. The molecular weight excluding hydrogens is 647 g/mol. The molecule has 0 aliphatic heterocycles. The van der Waals surface area contributed by atoms with Crippen LogP contribution in [-0.2, 0) is 11.2 Å². The molecule has 3 rings (SSSR count). The first-order valence-corrected chi connectivity index (χ1v) is 17.9. The SMILES string of the molecule is CCCCSCC(NC(=O)c1cccnc1)C(=O)NC(Cc1cc(F)cc(F)c1)C(O)C(O)C(CCSC)NC(=O)c1ccccc1. The van der Waals surface area contributed by atoms with Gasteiger partial charge in [-0.3, -0.25) is 19.4 Å². The topological polar surface area (TPSA) is 141 Å². The van der Waals surface area contributed by atoms with Gasteiger partial charge in [0.05, 0.1) is 17.6 Å². The summed E-state index contributed by atoms with van der Waals surface area (Å²) in [4.78, 5) is 43.7. The number of aromatic nitrogens is 1. The molecule has 13 heteroatoms. The maximum absolute atomic E-state index is 14.2. The maximum Gasteiger partial charge on any atom is 0.253 e. The number of amides is 3. The Hall–Kier alpha value is -3.52. The van der Waals surface area contributed by atoms with Gasteiger partial charge in [0.2, 0.25) is 5.91 Å². The normalized spacial score (nSPS) is 14.3. The molecule has 5 N–H and O–H groups in total. The molecule has 9 nitrogen and oxygen atoms in total. The van der Waals surface area contributed by atoms with Crippen LogP contribution in [0.4, 0.5) is 8.78 Å². The first-order valence-electron chi connectivity index (χ1n) is 15.4. The Morgan fingerprint density at radius 2 is 1.51 bits per heavy atom. The molecule has 0 aliphatic carbocycles. The molecule has 254 valence electrons. The number of benzene rings is 2. The Morgan fingerprint density at radius 3 is 2.15 bits per heavy atom. The minimum atomic E-state index is -1.68. The van der Waals surface area contributed by atoms with E-state index in [0.717, 1.165) is 30.7 Å². The molecule has 0 saturated carbocycles. The van der Waals surface area contributed by atoms with Crippen LogP contribution in [-0.4, -0.2) is 86.8 Å². The number of thioether (sulfide) groups is 2. The largest absolute Gasteiger partial charge is 0.388 e. The number of nitrogens with zero attached hydrogens (tertiary/aromatic N) is 1. The Bertz CT molecular complexity index is 1400. The average molecular weight is 689 g/mol. The molecule has 0 fully saturated rings. The van der Waals surface area contributed by atoms with E-state index in [-0.39, 0.29) is 29.7 Å². The second kappa shape index (κ2) is 20.0. The van der Waals surface area contributed by atoms with Crippen LogP contribution in [0.5, 0.6) is 0 Å². The quantitative estimate of drug-likeness (QED) is 0.119. The minimum absolute atomic E-state index is 0.126. The monoisotopic (exact) mass is 688 g/mol. The van der Waals surface area contributed by atoms with Gasteiger partial charge < -0.3 is 26.2 Å². The fourth-order valence-electron chi connectivity index (χ4n) is 4.78. The minimum Gasteiger partial charge on any atom is -0.388 e. The third-order valence-electron chi connectivity index (χ3n) is 7.34. The van der Waals surface area contributed by atoms with Gasteiger partial charge in [-0.25, -0.2) is 8.78 Å². The first kappa shape index (κ1) is 37.9. The second-order valence-corrected chi connectivity index (χ2v) is 13.1. The van der Waals surface area contributed by atoms with Crippen molar-refractivity contribution in [2.24, 2.45) is 0 Å². The molecule has 3 aromatic rings. The van der Waals surface area contributed by atoms with Gasteiger partial charge in [0.15, 0.2) is 0 Å². The summed E-state index contributed by atoms with van der Waals surface area (Å²) in [7, 11) is 0. The zero-order chi connectivity index (χ0) is 34.2. The molecule has 0 aliphatic rings. The van der Waals surface area contributed by atoms with E-state index < -0.39 is 59.7 Å². The Balaban J connectivity index is 1.89. The van der Waals surface area contributed by atoms with Crippen molar-refractivity contribution in [1.82, 2.24) is 20.9 Å². The van der Waals surface area contributed by atoms with Gasteiger partial charge in [-0.2, -0.15) is 23.5 Å². The lowest BCUT2D eigenvalue weighted by atomic mass is 9.92. The summed E-state index contributed by atoms with van der Waals surface area (Å²) in [6.45, 7) is 2.04. The van der Waals surface area contributed by atoms with Crippen LogP contribution in [0.15, 0.2) is 73.1 Å². The second-order valence-electron chi connectivity index (χ2n) is 11.0.